The van der Waals surface area contributed by atoms with Gasteiger partial charge in [-0.25, -0.2) is 14.4 Å². The maximum absolute atomic E-state index is 13.9. The maximum atomic E-state index is 13.9. The highest BCUT2D eigenvalue weighted by molar-refractivity contribution is 6.04. The van der Waals surface area contributed by atoms with Crippen molar-refractivity contribution in [2.24, 2.45) is 0 Å². The van der Waals surface area contributed by atoms with E-state index in [0.29, 0.717) is 33.8 Å². The Morgan fingerprint density at radius 2 is 1.77 bits per heavy atom. The van der Waals surface area contributed by atoms with Gasteiger partial charge in [0, 0.05) is 28.9 Å². The van der Waals surface area contributed by atoms with Crippen molar-refractivity contribution in [2.75, 3.05) is 5.32 Å². The largest absolute Gasteiger partial charge is 0.338 e. The molecular formula is C31H20FN7O. The molecule has 0 aliphatic rings. The molecule has 0 radical (unpaired) electrons. The minimum atomic E-state index is -0.300. The molecule has 0 spiro atoms. The minimum absolute atomic E-state index is 0.217. The number of fused-ring (bicyclic) bond motifs is 2. The van der Waals surface area contributed by atoms with Crippen molar-refractivity contribution in [3.8, 4) is 33.8 Å². The molecule has 40 heavy (non-hydrogen) atoms. The molecule has 0 saturated heterocycles. The number of nitrogens with zero attached hydrogens (tertiary/aromatic N) is 4. The number of hydrogen-bond donors (Lipinski definition) is 3. The third-order valence-corrected chi connectivity index (χ3v) is 6.66. The van der Waals surface area contributed by atoms with Gasteiger partial charge in [0.05, 0.1) is 28.8 Å². The summed E-state index contributed by atoms with van der Waals surface area (Å²) < 4.78 is 13.9. The van der Waals surface area contributed by atoms with Crippen LogP contribution in [0.5, 0.6) is 0 Å². The quantitative estimate of drug-likeness (QED) is 0.234. The number of pyridine rings is 3. The standard InChI is InChI=1S/C31H20FN7O/c32-21-8-4-7-19(13-21)23-11-12-34-30-24(23)15-27(37-30)29-28-26(38-39-29)10-9-25(36-28)20-14-22(17-33-16-20)35-31(40)18-5-2-1-3-6-18/h1-17H,(H,34,37)(H,35,40)(H,38,39). The molecule has 0 fully saturated rings. The second-order valence-corrected chi connectivity index (χ2v) is 9.26. The zero-order chi connectivity index (χ0) is 27.1. The highest BCUT2D eigenvalue weighted by atomic mass is 19.1. The van der Waals surface area contributed by atoms with E-state index in [1.165, 1.54) is 12.1 Å². The molecule has 192 valence electrons. The lowest BCUT2D eigenvalue weighted by Crippen LogP contribution is -2.11. The van der Waals surface area contributed by atoms with E-state index in [-0.39, 0.29) is 11.7 Å². The van der Waals surface area contributed by atoms with Crippen molar-refractivity contribution in [3.63, 3.8) is 0 Å². The van der Waals surface area contributed by atoms with E-state index in [9.17, 15) is 9.18 Å². The van der Waals surface area contributed by atoms with Crippen LogP contribution in [0.3, 0.4) is 0 Å². The predicted molar refractivity (Wildman–Crippen MR) is 152 cm³/mol. The van der Waals surface area contributed by atoms with Gasteiger partial charge in [0.2, 0.25) is 0 Å². The monoisotopic (exact) mass is 525 g/mol. The molecule has 1 amide bonds. The molecule has 5 heterocycles. The van der Waals surface area contributed by atoms with E-state index < -0.39 is 0 Å². The van der Waals surface area contributed by atoms with Crippen LogP contribution in [0.4, 0.5) is 10.1 Å². The van der Waals surface area contributed by atoms with Gasteiger partial charge in [0.25, 0.3) is 5.91 Å². The fourth-order valence-corrected chi connectivity index (χ4v) is 4.75. The van der Waals surface area contributed by atoms with Gasteiger partial charge in [0.1, 0.15) is 22.7 Å². The van der Waals surface area contributed by atoms with Crippen molar-refractivity contribution in [2.45, 2.75) is 0 Å². The first-order valence-electron chi connectivity index (χ1n) is 12.5. The van der Waals surface area contributed by atoms with Crippen molar-refractivity contribution in [3.05, 3.63) is 115 Å². The molecule has 0 bridgehead atoms. The Morgan fingerprint density at radius 3 is 2.65 bits per heavy atom. The summed E-state index contributed by atoms with van der Waals surface area (Å²) >= 11 is 0. The van der Waals surface area contributed by atoms with E-state index in [1.54, 1.807) is 36.8 Å². The number of carbonyl (C=O) groups excluding carboxylic acids is 1. The molecule has 7 aromatic rings. The molecule has 2 aromatic carbocycles. The summed E-state index contributed by atoms with van der Waals surface area (Å²) in [7, 11) is 0. The van der Waals surface area contributed by atoms with Crippen LogP contribution in [0.15, 0.2) is 104 Å². The third-order valence-electron chi connectivity index (χ3n) is 6.66. The number of anilines is 1. The Kier molecular flexibility index (Phi) is 5.59. The van der Waals surface area contributed by atoms with E-state index in [2.05, 4.69) is 30.5 Å². The summed E-state index contributed by atoms with van der Waals surface area (Å²) in [5.41, 5.74) is 7.60. The van der Waals surface area contributed by atoms with E-state index >= 15 is 0 Å². The summed E-state index contributed by atoms with van der Waals surface area (Å²) in [4.78, 5) is 29.6. The Balaban J connectivity index is 1.25. The van der Waals surface area contributed by atoms with Crippen LogP contribution in [0, 0.1) is 5.82 Å². The second-order valence-electron chi connectivity index (χ2n) is 9.26. The van der Waals surface area contributed by atoms with Crippen molar-refractivity contribution < 1.29 is 9.18 Å². The predicted octanol–water partition coefficient (Wildman–Crippen LogP) is 6.62. The number of aromatic amines is 2. The van der Waals surface area contributed by atoms with Gasteiger partial charge < -0.3 is 10.3 Å². The fraction of sp³-hybridized carbons (Fsp3) is 0. The number of benzene rings is 2. The first kappa shape index (κ1) is 23.4. The van der Waals surface area contributed by atoms with Gasteiger partial charge in [0.15, 0.2) is 0 Å². The van der Waals surface area contributed by atoms with Crippen molar-refractivity contribution in [1.29, 1.82) is 0 Å². The summed E-state index contributed by atoms with van der Waals surface area (Å²) in [5.74, 6) is -0.517. The third kappa shape index (κ3) is 4.25. The van der Waals surface area contributed by atoms with Crippen LogP contribution in [0.2, 0.25) is 0 Å². The highest BCUT2D eigenvalue weighted by Gasteiger charge is 2.16. The van der Waals surface area contributed by atoms with Gasteiger partial charge in [-0.1, -0.05) is 30.3 Å². The van der Waals surface area contributed by atoms with E-state index in [0.717, 1.165) is 33.3 Å². The lowest BCUT2D eigenvalue weighted by Gasteiger charge is -2.07. The zero-order valence-corrected chi connectivity index (χ0v) is 20.9. The molecule has 0 atom stereocenters. The number of carbonyl (C=O) groups is 1. The smallest absolute Gasteiger partial charge is 0.255 e. The van der Waals surface area contributed by atoms with Crippen LogP contribution in [-0.4, -0.2) is 36.0 Å². The van der Waals surface area contributed by atoms with Gasteiger partial charge in [-0.05, 0) is 65.7 Å². The fourth-order valence-electron chi connectivity index (χ4n) is 4.75. The van der Waals surface area contributed by atoms with Crippen LogP contribution in [0.25, 0.3) is 55.8 Å². The number of H-pyrrole nitrogens is 2. The summed E-state index contributed by atoms with van der Waals surface area (Å²) in [6.45, 7) is 0. The minimum Gasteiger partial charge on any atom is -0.338 e. The molecular weight excluding hydrogens is 505 g/mol. The zero-order valence-electron chi connectivity index (χ0n) is 20.9. The maximum Gasteiger partial charge on any atom is 0.255 e. The first-order chi connectivity index (χ1) is 19.6. The van der Waals surface area contributed by atoms with Crippen LogP contribution in [0.1, 0.15) is 10.4 Å². The van der Waals surface area contributed by atoms with Crippen molar-refractivity contribution in [1.82, 2.24) is 30.1 Å². The number of hydrogen-bond acceptors (Lipinski definition) is 5. The lowest BCUT2D eigenvalue weighted by molar-refractivity contribution is 0.102. The molecule has 8 nitrogen and oxygen atoms in total. The van der Waals surface area contributed by atoms with Gasteiger partial charge in [-0.3, -0.25) is 14.9 Å². The van der Waals surface area contributed by atoms with Gasteiger partial charge in [-0.15, -0.1) is 0 Å². The highest BCUT2D eigenvalue weighted by Crippen LogP contribution is 2.33. The first-order valence-corrected chi connectivity index (χ1v) is 12.5. The number of amides is 1. The molecule has 5 aromatic heterocycles. The van der Waals surface area contributed by atoms with Crippen LogP contribution in [-0.2, 0) is 0 Å². The number of nitrogens with one attached hydrogen (secondary N) is 3. The number of rotatable bonds is 5. The average molecular weight is 526 g/mol. The number of halogens is 1. The lowest BCUT2D eigenvalue weighted by atomic mass is 10.0. The Labute approximate surface area is 227 Å². The molecule has 7 rings (SSSR count). The molecule has 0 saturated carbocycles. The van der Waals surface area contributed by atoms with E-state index in [1.807, 2.05) is 54.6 Å². The average Bonchev–Trinajstić information content (AvgIpc) is 3.61. The molecule has 3 N–H and O–H groups in total. The summed E-state index contributed by atoms with van der Waals surface area (Å²) in [6, 6.07) is 24.9. The number of aromatic nitrogens is 6. The Morgan fingerprint density at radius 1 is 0.875 bits per heavy atom. The van der Waals surface area contributed by atoms with Crippen molar-refractivity contribution >= 4 is 33.7 Å². The topological polar surface area (TPSA) is 112 Å². The summed E-state index contributed by atoms with van der Waals surface area (Å²) in [6.07, 6.45) is 4.99. The molecule has 0 aliphatic carbocycles. The van der Waals surface area contributed by atoms with E-state index in [4.69, 9.17) is 4.98 Å². The van der Waals surface area contributed by atoms with Gasteiger partial charge >= 0.3 is 0 Å². The summed E-state index contributed by atoms with van der Waals surface area (Å²) in [5, 5.41) is 11.3. The molecule has 0 unspecified atom stereocenters. The SMILES string of the molecule is O=C(Nc1cncc(-c2ccc3[nH]nc(-c4cc5c(-c6cccc(F)c6)ccnc5[nH]4)c3n2)c1)c1ccccc1. The van der Waals surface area contributed by atoms with Crippen LogP contribution >= 0.6 is 0 Å². The van der Waals surface area contributed by atoms with Crippen LogP contribution < -0.4 is 5.32 Å². The second kappa shape index (κ2) is 9.55. The Hall–Kier alpha value is -5.70. The molecule has 9 heteroatoms. The Bertz CT molecular complexity index is 2030. The molecule has 0 aliphatic heterocycles. The normalized spacial score (nSPS) is 11.2. The van der Waals surface area contributed by atoms with Gasteiger partial charge in [-0.2, -0.15) is 5.10 Å².